The quantitative estimate of drug-likeness (QED) is 0.842. The van der Waals surface area contributed by atoms with Crippen molar-refractivity contribution in [2.24, 2.45) is 0 Å². The highest BCUT2D eigenvalue weighted by Gasteiger charge is 2.27. The summed E-state index contributed by atoms with van der Waals surface area (Å²) in [5, 5.41) is 1.54. The van der Waals surface area contributed by atoms with Gasteiger partial charge in [0.2, 0.25) is 0 Å². The summed E-state index contributed by atoms with van der Waals surface area (Å²) in [6.45, 7) is 5.48. The van der Waals surface area contributed by atoms with Gasteiger partial charge in [-0.1, -0.05) is 18.2 Å². The largest absolute Gasteiger partial charge is 0.280 e. The topological polar surface area (TPSA) is 46.6 Å². The first-order chi connectivity index (χ1) is 8.35. The predicted octanol–water partition coefficient (Wildman–Crippen LogP) is 1.98. The van der Waals surface area contributed by atoms with Crippen molar-refractivity contribution in [3.8, 4) is 0 Å². The average Bonchev–Trinajstić information content (AvgIpc) is 2.68. The lowest BCUT2D eigenvalue weighted by molar-refractivity contribution is -0.0273. The third-order valence-corrected chi connectivity index (χ3v) is 3.88. The average molecular weight is 269 g/mol. The number of hydroxylamine groups is 2. The van der Waals surface area contributed by atoms with E-state index in [9.17, 15) is 8.42 Å². The summed E-state index contributed by atoms with van der Waals surface area (Å²) in [6, 6.07) is 6.42. The zero-order valence-electron chi connectivity index (χ0n) is 11.0. The highest BCUT2D eigenvalue weighted by atomic mass is 32.2. The molecule has 4 nitrogen and oxygen atoms in total. The molecule has 100 valence electrons. The minimum atomic E-state index is -3.40. The van der Waals surface area contributed by atoms with Gasteiger partial charge in [-0.2, -0.15) is 17.8 Å². The third kappa shape index (κ3) is 3.31. The van der Waals surface area contributed by atoms with Crippen molar-refractivity contribution >= 4 is 10.1 Å². The molecule has 1 aliphatic rings. The van der Waals surface area contributed by atoms with E-state index < -0.39 is 10.1 Å². The number of hydrogen-bond acceptors (Lipinski definition) is 4. The lowest BCUT2D eigenvalue weighted by Crippen LogP contribution is -2.24. The Hall–Kier alpha value is -0.910. The number of benzene rings is 1. The maximum Gasteiger partial charge on any atom is 0.280 e. The molecule has 0 bridgehead atoms. The van der Waals surface area contributed by atoms with E-state index in [1.807, 2.05) is 0 Å². The first-order valence-corrected chi connectivity index (χ1v) is 7.88. The fraction of sp³-hybridized carbons (Fsp3) is 0.538. The van der Waals surface area contributed by atoms with E-state index in [1.54, 1.807) is 0 Å². The molecule has 1 aliphatic heterocycles. The molecule has 18 heavy (non-hydrogen) atoms. The van der Waals surface area contributed by atoms with Crippen LogP contribution in [0.3, 0.4) is 0 Å². The van der Waals surface area contributed by atoms with E-state index in [0.717, 1.165) is 12.7 Å². The van der Waals surface area contributed by atoms with Crippen molar-refractivity contribution < 1.29 is 12.7 Å². The van der Waals surface area contributed by atoms with E-state index in [0.29, 0.717) is 19.0 Å². The number of nitrogens with zero attached hydrogens (tertiary/aromatic N) is 1. The molecule has 0 aliphatic carbocycles. The van der Waals surface area contributed by atoms with Crippen LogP contribution in [0, 0.1) is 13.8 Å². The van der Waals surface area contributed by atoms with E-state index in [-0.39, 0.29) is 0 Å². The van der Waals surface area contributed by atoms with Gasteiger partial charge >= 0.3 is 0 Å². The van der Waals surface area contributed by atoms with Gasteiger partial charge in [-0.3, -0.25) is 0 Å². The van der Waals surface area contributed by atoms with Crippen molar-refractivity contribution in [2.45, 2.75) is 26.2 Å². The number of rotatable bonds is 3. The molecule has 1 fully saturated rings. The Labute approximate surface area is 109 Å². The molecule has 0 radical (unpaired) electrons. The molecule has 0 spiro atoms. The van der Waals surface area contributed by atoms with Crippen LogP contribution in [-0.4, -0.2) is 32.8 Å². The van der Waals surface area contributed by atoms with E-state index in [4.69, 9.17) is 4.28 Å². The van der Waals surface area contributed by atoms with Crippen LogP contribution in [0.4, 0.5) is 0 Å². The van der Waals surface area contributed by atoms with E-state index >= 15 is 0 Å². The SMILES string of the molecule is Cc1ccc(C2CCN(OS(C)(=O)=O)C2)cc1C. The zero-order chi connectivity index (χ0) is 13.3. The molecule has 1 unspecified atom stereocenters. The minimum Gasteiger partial charge on any atom is -0.198 e. The molecule has 1 heterocycles. The van der Waals surface area contributed by atoms with Crippen molar-refractivity contribution in [1.82, 2.24) is 5.06 Å². The van der Waals surface area contributed by atoms with E-state index in [1.165, 1.54) is 21.8 Å². The highest BCUT2D eigenvalue weighted by molar-refractivity contribution is 7.85. The Morgan fingerprint density at radius 3 is 2.61 bits per heavy atom. The molecular weight excluding hydrogens is 250 g/mol. The van der Waals surface area contributed by atoms with Crippen LogP contribution in [0.2, 0.25) is 0 Å². The monoisotopic (exact) mass is 269 g/mol. The standard InChI is InChI=1S/C13H19NO3S/c1-10-4-5-12(8-11(10)2)13-6-7-14(9-13)17-18(3,15)16/h4-5,8,13H,6-7,9H2,1-3H3. The number of aryl methyl sites for hydroxylation is 2. The first kappa shape index (κ1) is 13.5. The second kappa shape index (κ2) is 4.99. The smallest absolute Gasteiger partial charge is 0.198 e. The van der Waals surface area contributed by atoms with Crippen LogP contribution < -0.4 is 0 Å². The van der Waals surface area contributed by atoms with Crippen LogP contribution in [-0.2, 0) is 14.4 Å². The van der Waals surface area contributed by atoms with Crippen LogP contribution in [0.5, 0.6) is 0 Å². The maximum absolute atomic E-state index is 11.1. The highest BCUT2D eigenvalue weighted by Crippen LogP contribution is 2.28. The zero-order valence-corrected chi connectivity index (χ0v) is 11.8. The van der Waals surface area contributed by atoms with Gasteiger partial charge in [0.1, 0.15) is 0 Å². The first-order valence-electron chi connectivity index (χ1n) is 6.07. The Morgan fingerprint density at radius 1 is 1.28 bits per heavy atom. The van der Waals surface area contributed by atoms with Gasteiger partial charge in [0.25, 0.3) is 10.1 Å². The Kier molecular flexibility index (Phi) is 3.75. The Bertz CT molecular complexity index is 539. The summed E-state index contributed by atoms with van der Waals surface area (Å²) in [4.78, 5) is 0. The maximum atomic E-state index is 11.1. The fourth-order valence-electron chi connectivity index (χ4n) is 2.28. The van der Waals surface area contributed by atoms with Gasteiger partial charge in [-0.25, -0.2) is 0 Å². The van der Waals surface area contributed by atoms with Gasteiger partial charge in [0.05, 0.1) is 6.26 Å². The van der Waals surface area contributed by atoms with Crippen molar-refractivity contribution in [1.29, 1.82) is 0 Å². The normalized spacial score (nSPS) is 21.4. The lowest BCUT2D eigenvalue weighted by atomic mass is 9.95. The predicted molar refractivity (Wildman–Crippen MR) is 70.8 cm³/mol. The van der Waals surface area contributed by atoms with Crippen LogP contribution >= 0.6 is 0 Å². The van der Waals surface area contributed by atoms with Crippen LogP contribution in [0.15, 0.2) is 18.2 Å². The van der Waals surface area contributed by atoms with Crippen LogP contribution in [0.1, 0.15) is 29.0 Å². The third-order valence-electron chi connectivity index (χ3n) is 3.39. The molecule has 1 aromatic carbocycles. The second-order valence-electron chi connectivity index (χ2n) is 5.00. The van der Waals surface area contributed by atoms with Crippen molar-refractivity contribution in [2.75, 3.05) is 19.3 Å². The molecule has 0 amide bonds. The molecule has 0 aromatic heterocycles. The summed E-state index contributed by atoms with van der Waals surface area (Å²) in [7, 11) is -3.40. The molecular formula is C13H19NO3S. The summed E-state index contributed by atoms with van der Waals surface area (Å²) >= 11 is 0. The van der Waals surface area contributed by atoms with Gasteiger partial charge in [0.15, 0.2) is 0 Å². The summed E-state index contributed by atoms with van der Waals surface area (Å²) in [5.74, 6) is 0.353. The van der Waals surface area contributed by atoms with E-state index in [2.05, 4.69) is 32.0 Å². The Morgan fingerprint density at radius 2 is 2.00 bits per heavy atom. The van der Waals surface area contributed by atoms with Gasteiger partial charge in [0, 0.05) is 19.0 Å². The van der Waals surface area contributed by atoms with Gasteiger partial charge in [-0.05, 0) is 37.0 Å². The second-order valence-corrected chi connectivity index (χ2v) is 6.55. The fourth-order valence-corrected chi connectivity index (χ4v) is 2.80. The summed E-state index contributed by atoms with van der Waals surface area (Å²) in [5.41, 5.74) is 3.81. The van der Waals surface area contributed by atoms with Gasteiger partial charge < -0.3 is 0 Å². The molecule has 0 N–H and O–H groups in total. The number of hydrogen-bond donors (Lipinski definition) is 0. The lowest BCUT2D eigenvalue weighted by Gasteiger charge is -2.14. The summed E-state index contributed by atoms with van der Waals surface area (Å²) in [6.07, 6.45) is 2.01. The van der Waals surface area contributed by atoms with Crippen molar-refractivity contribution in [3.05, 3.63) is 34.9 Å². The molecule has 1 saturated heterocycles. The summed E-state index contributed by atoms with van der Waals surface area (Å²) < 4.78 is 27.0. The molecule has 1 atom stereocenters. The van der Waals surface area contributed by atoms with Crippen LogP contribution in [0.25, 0.3) is 0 Å². The molecule has 0 saturated carbocycles. The van der Waals surface area contributed by atoms with Gasteiger partial charge in [-0.15, -0.1) is 0 Å². The van der Waals surface area contributed by atoms with Crippen molar-refractivity contribution in [3.63, 3.8) is 0 Å². The molecule has 2 rings (SSSR count). The Balaban J connectivity index is 2.06. The molecule has 1 aromatic rings. The minimum absolute atomic E-state index is 0.353. The molecule has 5 heteroatoms.